The molecule has 1 aromatic rings. The van der Waals surface area contributed by atoms with Gasteiger partial charge in [-0.05, 0) is 25.0 Å². The number of nitrogens with one attached hydrogen (secondary N) is 1. The number of carbonyl (C=O) groups excluding carboxylic acids is 1. The summed E-state index contributed by atoms with van der Waals surface area (Å²) >= 11 is 1.96. The lowest BCUT2D eigenvalue weighted by atomic mass is 10.0. The molecule has 0 radical (unpaired) electrons. The zero-order valence-electron chi connectivity index (χ0n) is 13.9. The van der Waals surface area contributed by atoms with Gasteiger partial charge in [0.1, 0.15) is 0 Å². The van der Waals surface area contributed by atoms with Crippen molar-refractivity contribution in [2.24, 2.45) is 0 Å². The smallest absolute Gasteiger partial charge is 0.324 e. The third-order valence-corrected chi connectivity index (χ3v) is 5.73. The van der Waals surface area contributed by atoms with Gasteiger partial charge in [0.05, 0.1) is 11.3 Å². The first-order chi connectivity index (χ1) is 11.9. The molecular weight excluding hydrogens is 351 g/mol. The van der Waals surface area contributed by atoms with Gasteiger partial charge in [-0.3, -0.25) is 4.90 Å². The summed E-state index contributed by atoms with van der Waals surface area (Å²) in [4.78, 5) is 16.5. The Bertz CT molecular complexity index is 597. The second-order valence-corrected chi connectivity index (χ2v) is 7.56. The molecule has 2 aliphatic heterocycles. The van der Waals surface area contributed by atoms with Gasteiger partial charge in [0.25, 0.3) is 0 Å². The SMILES string of the molecule is O=C(Nc1ccccc1C(F)(F)F)N1CCC(N2CCSCC2)CC1. The van der Waals surface area contributed by atoms with E-state index in [0.29, 0.717) is 19.1 Å². The van der Waals surface area contributed by atoms with E-state index in [0.717, 1.165) is 43.5 Å². The Morgan fingerprint density at radius 3 is 2.36 bits per heavy atom. The van der Waals surface area contributed by atoms with Crippen LogP contribution in [0.1, 0.15) is 18.4 Å². The van der Waals surface area contributed by atoms with Crippen LogP contribution >= 0.6 is 11.8 Å². The molecule has 0 saturated carbocycles. The lowest BCUT2D eigenvalue weighted by Gasteiger charge is -2.40. The fourth-order valence-corrected chi connectivity index (χ4v) is 4.34. The first-order valence-corrected chi connectivity index (χ1v) is 9.64. The average Bonchev–Trinajstić information content (AvgIpc) is 2.62. The molecule has 0 spiro atoms. The quantitative estimate of drug-likeness (QED) is 0.858. The molecule has 25 heavy (non-hydrogen) atoms. The Kier molecular flexibility index (Phi) is 5.78. The summed E-state index contributed by atoms with van der Waals surface area (Å²) in [5, 5.41) is 2.43. The van der Waals surface area contributed by atoms with E-state index in [1.807, 2.05) is 11.8 Å². The van der Waals surface area contributed by atoms with Crippen LogP contribution in [0.3, 0.4) is 0 Å². The van der Waals surface area contributed by atoms with Crippen LogP contribution in [0.5, 0.6) is 0 Å². The minimum absolute atomic E-state index is 0.185. The van der Waals surface area contributed by atoms with E-state index in [1.54, 1.807) is 4.90 Å². The van der Waals surface area contributed by atoms with Gasteiger partial charge in [-0.25, -0.2) is 4.79 Å². The van der Waals surface area contributed by atoms with Crippen LogP contribution in [-0.4, -0.2) is 59.6 Å². The maximum atomic E-state index is 13.0. The fourth-order valence-electron chi connectivity index (χ4n) is 3.41. The molecule has 2 fully saturated rings. The highest BCUT2D eigenvalue weighted by Gasteiger charge is 2.34. The maximum absolute atomic E-state index is 13.0. The number of likely N-dealkylation sites (tertiary alicyclic amines) is 1. The largest absolute Gasteiger partial charge is 0.418 e. The van der Waals surface area contributed by atoms with E-state index >= 15 is 0 Å². The molecule has 0 aromatic heterocycles. The topological polar surface area (TPSA) is 35.6 Å². The first kappa shape index (κ1) is 18.4. The number of carbonyl (C=O) groups is 1. The lowest BCUT2D eigenvalue weighted by molar-refractivity contribution is -0.136. The van der Waals surface area contributed by atoms with E-state index < -0.39 is 17.8 Å². The Balaban J connectivity index is 1.57. The molecule has 2 aliphatic rings. The summed E-state index contributed by atoms with van der Waals surface area (Å²) in [6.45, 7) is 3.32. The molecule has 2 saturated heterocycles. The Hall–Kier alpha value is -1.41. The van der Waals surface area contributed by atoms with Gasteiger partial charge in [-0.1, -0.05) is 12.1 Å². The third kappa shape index (κ3) is 4.61. The van der Waals surface area contributed by atoms with Crippen molar-refractivity contribution in [3.05, 3.63) is 29.8 Å². The first-order valence-electron chi connectivity index (χ1n) is 8.49. The standard InChI is InChI=1S/C17H22F3N3OS/c18-17(19,20)14-3-1-2-4-15(14)21-16(24)23-7-5-13(6-8-23)22-9-11-25-12-10-22/h1-4,13H,5-12H2,(H,21,24). The zero-order chi connectivity index (χ0) is 17.9. The second kappa shape index (κ2) is 7.86. The van der Waals surface area contributed by atoms with Gasteiger partial charge in [-0.2, -0.15) is 24.9 Å². The Labute approximate surface area is 149 Å². The summed E-state index contributed by atoms with van der Waals surface area (Å²) in [7, 11) is 0. The number of anilines is 1. The number of thioether (sulfide) groups is 1. The van der Waals surface area contributed by atoms with Crippen molar-refractivity contribution in [3.8, 4) is 0 Å². The van der Waals surface area contributed by atoms with Crippen LogP contribution < -0.4 is 5.32 Å². The monoisotopic (exact) mass is 373 g/mol. The number of rotatable bonds is 2. The number of halogens is 3. The molecule has 0 bridgehead atoms. The molecule has 3 rings (SSSR count). The molecule has 138 valence electrons. The molecule has 2 amide bonds. The molecule has 1 N–H and O–H groups in total. The van der Waals surface area contributed by atoms with Gasteiger partial charge in [0.2, 0.25) is 0 Å². The normalized spacial score (nSPS) is 20.5. The molecule has 8 heteroatoms. The zero-order valence-corrected chi connectivity index (χ0v) is 14.7. The number of hydrogen-bond acceptors (Lipinski definition) is 3. The minimum atomic E-state index is -4.48. The number of hydrogen-bond donors (Lipinski definition) is 1. The van der Waals surface area contributed by atoms with Crippen LogP contribution in [0.4, 0.5) is 23.7 Å². The number of nitrogens with zero attached hydrogens (tertiary/aromatic N) is 2. The summed E-state index contributed by atoms with van der Waals surface area (Å²) in [5.74, 6) is 2.30. The van der Waals surface area contributed by atoms with E-state index in [2.05, 4.69) is 10.2 Å². The van der Waals surface area contributed by atoms with Crippen LogP contribution in [0.25, 0.3) is 0 Å². The predicted molar refractivity (Wildman–Crippen MR) is 94.0 cm³/mol. The van der Waals surface area contributed by atoms with E-state index in [1.165, 1.54) is 18.2 Å². The predicted octanol–water partition coefficient (Wildman–Crippen LogP) is 3.75. The van der Waals surface area contributed by atoms with Crippen LogP contribution in [0.15, 0.2) is 24.3 Å². The van der Waals surface area contributed by atoms with Crippen LogP contribution in [0.2, 0.25) is 0 Å². The van der Waals surface area contributed by atoms with Gasteiger partial charge < -0.3 is 10.2 Å². The van der Waals surface area contributed by atoms with Crippen molar-refractivity contribution >= 4 is 23.5 Å². The van der Waals surface area contributed by atoms with Crippen LogP contribution in [-0.2, 0) is 6.18 Å². The van der Waals surface area contributed by atoms with Crippen molar-refractivity contribution in [2.75, 3.05) is 43.0 Å². The van der Waals surface area contributed by atoms with Gasteiger partial charge >= 0.3 is 12.2 Å². The molecule has 1 aromatic carbocycles. The van der Waals surface area contributed by atoms with Gasteiger partial charge in [0, 0.05) is 43.7 Å². The maximum Gasteiger partial charge on any atom is 0.418 e. The van der Waals surface area contributed by atoms with Gasteiger partial charge in [-0.15, -0.1) is 0 Å². The summed E-state index contributed by atoms with van der Waals surface area (Å²) in [6.07, 6.45) is -2.73. The number of benzene rings is 1. The van der Waals surface area contributed by atoms with Crippen molar-refractivity contribution < 1.29 is 18.0 Å². The Morgan fingerprint density at radius 2 is 1.72 bits per heavy atom. The average molecular weight is 373 g/mol. The summed E-state index contributed by atoms with van der Waals surface area (Å²) in [5.41, 5.74) is -1.00. The van der Waals surface area contributed by atoms with Crippen molar-refractivity contribution in [2.45, 2.75) is 25.1 Å². The second-order valence-electron chi connectivity index (χ2n) is 6.34. The fraction of sp³-hybridized carbons (Fsp3) is 0.588. The number of para-hydroxylation sites is 1. The molecule has 0 atom stereocenters. The van der Waals surface area contributed by atoms with E-state index in [9.17, 15) is 18.0 Å². The summed E-state index contributed by atoms with van der Waals surface area (Å²) in [6, 6.07) is 5.11. The molecular formula is C17H22F3N3OS. The number of urea groups is 1. The van der Waals surface area contributed by atoms with E-state index in [4.69, 9.17) is 0 Å². The highest BCUT2D eigenvalue weighted by Crippen LogP contribution is 2.34. The molecule has 0 aliphatic carbocycles. The van der Waals surface area contributed by atoms with E-state index in [-0.39, 0.29) is 5.69 Å². The van der Waals surface area contributed by atoms with Crippen molar-refractivity contribution in [1.82, 2.24) is 9.80 Å². The highest BCUT2D eigenvalue weighted by molar-refractivity contribution is 7.99. The van der Waals surface area contributed by atoms with Crippen LogP contribution in [0, 0.1) is 0 Å². The van der Waals surface area contributed by atoms with Crippen molar-refractivity contribution in [3.63, 3.8) is 0 Å². The number of piperidine rings is 1. The summed E-state index contributed by atoms with van der Waals surface area (Å²) < 4.78 is 39.1. The molecule has 2 heterocycles. The number of amides is 2. The lowest BCUT2D eigenvalue weighted by Crippen LogP contribution is -2.49. The number of alkyl halides is 3. The molecule has 4 nitrogen and oxygen atoms in total. The van der Waals surface area contributed by atoms with Gasteiger partial charge in [0.15, 0.2) is 0 Å². The van der Waals surface area contributed by atoms with Crippen molar-refractivity contribution in [1.29, 1.82) is 0 Å². The Morgan fingerprint density at radius 1 is 1.08 bits per heavy atom. The minimum Gasteiger partial charge on any atom is -0.324 e. The molecule has 0 unspecified atom stereocenters. The highest BCUT2D eigenvalue weighted by atomic mass is 32.2. The third-order valence-electron chi connectivity index (χ3n) is 4.79.